The lowest BCUT2D eigenvalue weighted by Crippen LogP contribution is -2.39. The number of aromatic hydroxyl groups is 1. The van der Waals surface area contributed by atoms with Gasteiger partial charge in [0.25, 0.3) is 5.91 Å². The van der Waals surface area contributed by atoms with E-state index >= 15 is 0 Å². The molecule has 1 aliphatic heterocycles. The van der Waals surface area contributed by atoms with Crippen LogP contribution in [0.25, 0.3) is 0 Å². The Morgan fingerprint density at radius 3 is 3.00 bits per heavy atom. The van der Waals surface area contributed by atoms with Gasteiger partial charge in [-0.05, 0) is 31.0 Å². The van der Waals surface area contributed by atoms with E-state index in [1.54, 1.807) is 34.1 Å². The first-order chi connectivity index (χ1) is 13.6. The first-order valence-corrected chi connectivity index (χ1v) is 9.44. The Balaban J connectivity index is 1.42. The number of likely N-dealkylation sites (tertiary alicyclic amines) is 1. The number of hydrogen-bond acceptors (Lipinski definition) is 5. The van der Waals surface area contributed by atoms with E-state index in [-0.39, 0.29) is 17.6 Å². The molecule has 146 valence electrons. The fourth-order valence-corrected chi connectivity index (χ4v) is 3.63. The molecule has 8 nitrogen and oxygen atoms in total. The predicted octanol–water partition coefficient (Wildman–Crippen LogP) is 2.48. The normalized spacial score (nSPS) is 16.9. The Bertz CT molecular complexity index is 950. The van der Waals surface area contributed by atoms with E-state index < -0.39 is 0 Å². The number of anilines is 1. The third kappa shape index (κ3) is 3.85. The molecule has 1 amide bonds. The Kier molecular flexibility index (Phi) is 5.01. The number of aromatic amines is 1. The summed E-state index contributed by atoms with van der Waals surface area (Å²) in [5.41, 5.74) is 1.97. The summed E-state index contributed by atoms with van der Waals surface area (Å²) in [5.74, 6) is 0.950. The Labute approximate surface area is 163 Å². The van der Waals surface area contributed by atoms with Crippen molar-refractivity contribution >= 4 is 11.6 Å². The number of benzene rings is 1. The number of nitrogens with zero attached hydrogens (tertiary/aromatic N) is 4. The van der Waals surface area contributed by atoms with Crippen molar-refractivity contribution in [1.82, 2.24) is 24.6 Å². The molecule has 0 aliphatic carbocycles. The van der Waals surface area contributed by atoms with Crippen molar-refractivity contribution in [2.75, 3.05) is 18.4 Å². The smallest absolute Gasteiger partial charge is 0.257 e. The van der Waals surface area contributed by atoms with Gasteiger partial charge < -0.3 is 20.3 Å². The number of phenolic OH excluding ortho intramolecular Hbond substituents is 1. The van der Waals surface area contributed by atoms with Crippen LogP contribution in [-0.2, 0) is 13.6 Å². The standard InChI is InChI=1S/C20H24N6O2/c1-25-10-6-16(24-25)12-23-15-4-5-17(18(27)11-15)20(28)26-9-2-3-14(13-26)19-21-7-8-22-19/h4-8,10-11,14,23,27H,2-3,9,12-13H2,1H3,(H,21,22). The van der Waals surface area contributed by atoms with Gasteiger partial charge in [-0.1, -0.05) is 0 Å². The van der Waals surface area contributed by atoms with Gasteiger partial charge in [0.05, 0.1) is 17.8 Å². The van der Waals surface area contributed by atoms with Crippen LogP contribution in [-0.4, -0.2) is 48.8 Å². The predicted molar refractivity (Wildman–Crippen MR) is 105 cm³/mol. The summed E-state index contributed by atoms with van der Waals surface area (Å²) in [6.07, 6.45) is 7.34. The van der Waals surface area contributed by atoms with Crippen molar-refractivity contribution in [2.24, 2.45) is 7.05 Å². The molecule has 1 fully saturated rings. The number of nitrogens with one attached hydrogen (secondary N) is 2. The number of carbonyl (C=O) groups is 1. The summed E-state index contributed by atoms with van der Waals surface area (Å²) < 4.78 is 1.74. The lowest BCUT2D eigenvalue weighted by Gasteiger charge is -2.32. The number of amides is 1. The molecule has 1 aliphatic rings. The molecule has 0 spiro atoms. The monoisotopic (exact) mass is 380 g/mol. The number of hydrogen-bond donors (Lipinski definition) is 3. The van der Waals surface area contributed by atoms with Crippen molar-refractivity contribution in [1.29, 1.82) is 0 Å². The van der Waals surface area contributed by atoms with Crippen LogP contribution < -0.4 is 5.32 Å². The van der Waals surface area contributed by atoms with Crippen LogP contribution in [0.2, 0.25) is 0 Å². The second-order valence-corrected chi connectivity index (χ2v) is 7.13. The van der Waals surface area contributed by atoms with Gasteiger partial charge in [0.2, 0.25) is 0 Å². The van der Waals surface area contributed by atoms with Gasteiger partial charge in [-0.2, -0.15) is 5.10 Å². The molecule has 1 aromatic carbocycles. The quantitative estimate of drug-likeness (QED) is 0.632. The lowest BCUT2D eigenvalue weighted by atomic mass is 9.96. The fraction of sp³-hybridized carbons (Fsp3) is 0.350. The zero-order valence-corrected chi connectivity index (χ0v) is 15.8. The van der Waals surface area contributed by atoms with E-state index in [1.807, 2.05) is 25.4 Å². The Hall–Kier alpha value is -3.29. The molecule has 0 bridgehead atoms. The van der Waals surface area contributed by atoms with E-state index in [4.69, 9.17) is 0 Å². The first-order valence-electron chi connectivity index (χ1n) is 9.44. The zero-order chi connectivity index (χ0) is 19.5. The van der Waals surface area contributed by atoms with Gasteiger partial charge in [-0.15, -0.1) is 0 Å². The maximum absolute atomic E-state index is 12.9. The van der Waals surface area contributed by atoms with Gasteiger partial charge in [-0.3, -0.25) is 9.48 Å². The molecule has 28 heavy (non-hydrogen) atoms. The van der Waals surface area contributed by atoms with Crippen molar-refractivity contribution in [3.05, 3.63) is 59.9 Å². The van der Waals surface area contributed by atoms with Gasteiger partial charge in [0.1, 0.15) is 11.6 Å². The summed E-state index contributed by atoms with van der Waals surface area (Å²) in [6, 6.07) is 7.00. The minimum atomic E-state index is -0.148. The SMILES string of the molecule is Cn1ccc(CNc2ccc(C(=O)N3CCCC(c4ncc[nH]4)C3)c(O)c2)n1. The second kappa shape index (κ2) is 7.75. The molecule has 1 atom stereocenters. The van der Waals surface area contributed by atoms with Crippen molar-refractivity contribution in [3.8, 4) is 5.75 Å². The highest BCUT2D eigenvalue weighted by Crippen LogP contribution is 2.28. The number of aryl methyl sites for hydroxylation is 1. The van der Waals surface area contributed by atoms with Gasteiger partial charge in [-0.25, -0.2) is 4.98 Å². The molecule has 3 N–H and O–H groups in total. The zero-order valence-electron chi connectivity index (χ0n) is 15.8. The molecule has 0 saturated carbocycles. The van der Waals surface area contributed by atoms with Crippen LogP contribution >= 0.6 is 0 Å². The molecule has 8 heteroatoms. The van der Waals surface area contributed by atoms with E-state index in [1.165, 1.54) is 0 Å². The molecule has 3 aromatic rings. The average molecular weight is 380 g/mol. The number of piperidine rings is 1. The van der Waals surface area contributed by atoms with E-state index in [9.17, 15) is 9.90 Å². The maximum Gasteiger partial charge on any atom is 0.257 e. The van der Waals surface area contributed by atoms with Gasteiger partial charge >= 0.3 is 0 Å². The summed E-state index contributed by atoms with van der Waals surface area (Å²) in [7, 11) is 1.87. The average Bonchev–Trinajstić information content (AvgIpc) is 3.38. The third-order valence-corrected chi connectivity index (χ3v) is 5.09. The molecule has 1 unspecified atom stereocenters. The number of phenols is 1. The molecule has 3 heterocycles. The van der Waals surface area contributed by atoms with Crippen molar-refractivity contribution < 1.29 is 9.90 Å². The largest absolute Gasteiger partial charge is 0.507 e. The minimum absolute atomic E-state index is 0.0175. The number of H-pyrrole nitrogens is 1. The number of rotatable bonds is 5. The Morgan fingerprint density at radius 2 is 2.29 bits per heavy atom. The van der Waals surface area contributed by atoms with Crippen LogP contribution in [0.3, 0.4) is 0 Å². The van der Waals surface area contributed by atoms with E-state index in [2.05, 4.69) is 20.4 Å². The van der Waals surface area contributed by atoms with Gasteiger partial charge in [0.15, 0.2) is 0 Å². The maximum atomic E-state index is 12.9. The summed E-state index contributed by atoms with van der Waals surface area (Å²) in [5, 5.41) is 17.9. The topological polar surface area (TPSA) is 99.1 Å². The van der Waals surface area contributed by atoms with E-state index in [0.29, 0.717) is 25.2 Å². The highest BCUT2D eigenvalue weighted by atomic mass is 16.3. The summed E-state index contributed by atoms with van der Waals surface area (Å²) in [4.78, 5) is 22.2. The fourth-order valence-electron chi connectivity index (χ4n) is 3.63. The third-order valence-electron chi connectivity index (χ3n) is 5.09. The summed E-state index contributed by atoms with van der Waals surface area (Å²) in [6.45, 7) is 1.84. The molecule has 1 saturated heterocycles. The number of carbonyl (C=O) groups excluding carboxylic acids is 1. The molecule has 2 aromatic heterocycles. The van der Waals surface area contributed by atoms with Crippen LogP contribution in [0.4, 0.5) is 5.69 Å². The van der Waals surface area contributed by atoms with Crippen LogP contribution in [0.15, 0.2) is 42.9 Å². The molecule has 4 rings (SSSR count). The van der Waals surface area contributed by atoms with Crippen molar-refractivity contribution in [2.45, 2.75) is 25.3 Å². The Morgan fingerprint density at radius 1 is 1.39 bits per heavy atom. The highest BCUT2D eigenvalue weighted by molar-refractivity contribution is 5.97. The molecule has 0 radical (unpaired) electrons. The second-order valence-electron chi connectivity index (χ2n) is 7.13. The van der Waals surface area contributed by atoms with Crippen molar-refractivity contribution in [3.63, 3.8) is 0 Å². The molecular formula is C20H24N6O2. The minimum Gasteiger partial charge on any atom is -0.507 e. The van der Waals surface area contributed by atoms with Gasteiger partial charge in [0, 0.05) is 56.4 Å². The summed E-state index contributed by atoms with van der Waals surface area (Å²) >= 11 is 0. The number of aromatic nitrogens is 4. The molecular weight excluding hydrogens is 356 g/mol. The van der Waals surface area contributed by atoms with Crippen LogP contribution in [0.1, 0.15) is 40.6 Å². The highest BCUT2D eigenvalue weighted by Gasteiger charge is 2.28. The number of imidazole rings is 1. The van der Waals surface area contributed by atoms with Crippen LogP contribution in [0.5, 0.6) is 5.75 Å². The lowest BCUT2D eigenvalue weighted by molar-refractivity contribution is 0.0702. The van der Waals surface area contributed by atoms with Crippen LogP contribution in [0, 0.1) is 0 Å². The first kappa shape index (κ1) is 18.1. The van der Waals surface area contributed by atoms with E-state index in [0.717, 1.165) is 30.0 Å².